The van der Waals surface area contributed by atoms with Gasteiger partial charge in [-0.15, -0.1) is 0 Å². The monoisotopic (exact) mass is 253 g/mol. The quantitative estimate of drug-likeness (QED) is 0.672. The first-order valence-corrected chi connectivity index (χ1v) is 4.63. The zero-order valence-electron chi connectivity index (χ0n) is 8.25. The van der Waals surface area contributed by atoms with Gasteiger partial charge in [-0.05, 0) is 6.42 Å². The number of nitrogens with zero attached hydrogens (tertiary/aromatic N) is 2. The third-order valence-electron chi connectivity index (χ3n) is 2.44. The van der Waals surface area contributed by atoms with Gasteiger partial charge in [0.1, 0.15) is 6.04 Å². The summed E-state index contributed by atoms with van der Waals surface area (Å²) in [5, 5.41) is 10.9. The highest BCUT2D eigenvalue weighted by atomic mass is 19.4. The number of rotatable bonds is 0. The fraction of sp³-hybridized carbons (Fsp3) is 0.500. The second kappa shape index (κ2) is 3.60. The largest absolute Gasteiger partial charge is 0.491 e. The van der Waals surface area contributed by atoms with Crippen molar-refractivity contribution < 1.29 is 22.7 Å². The zero-order chi connectivity index (χ0) is 12.8. The molecule has 1 atom stereocenters. The molecule has 0 aromatic carbocycles. The van der Waals surface area contributed by atoms with Crippen molar-refractivity contribution >= 4 is 5.95 Å². The minimum Gasteiger partial charge on any atom is -0.491 e. The molecule has 2 N–H and O–H groups in total. The third kappa shape index (κ3) is 1.92. The first-order valence-electron chi connectivity index (χ1n) is 4.63. The summed E-state index contributed by atoms with van der Waals surface area (Å²) in [6.07, 6.45) is -4.89. The number of aromatic nitrogens is 2. The number of hydrogen-bond donors (Lipinski definition) is 2. The molecule has 0 spiro atoms. The van der Waals surface area contributed by atoms with Crippen LogP contribution in [0.15, 0.2) is 4.79 Å². The molecule has 1 aliphatic heterocycles. The summed E-state index contributed by atoms with van der Waals surface area (Å²) in [5.41, 5.74) is -1.19. The third-order valence-corrected chi connectivity index (χ3v) is 2.44. The Morgan fingerprint density at radius 2 is 2.12 bits per heavy atom. The average molecular weight is 253 g/mol. The second-order valence-electron chi connectivity index (χ2n) is 3.56. The van der Waals surface area contributed by atoms with E-state index in [1.807, 2.05) is 5.32 Å². The van der Waals surface area contributed by atoms with E-state index in [9.17, 15) is 22.4 Å². The fourth-order valence-corrected chi connectivity index (χ4v) is 1.57. The van der Waals surface area contributed by atoms with Crippen LogP contribution in [0.2, 0.25) is 0 Å². The summed E-state index contributed by atoms with van der Waals surface area (Å²) < 4.78 is 50.9. The number of halogens is 4. The Kier molecular flexibility index (Phi) is 2.48. The molecule has 0 unspecified atom stereocenters. The molecule has 1 aromatic heterocycles. The Morgan fingerprint density at radius 1 is 1.47 bits per heavy atom. The summed E-state index contributed by atoms with van der Waals surface area (Å²) in [6, 6.07) is -1.86. The molecule has 2 heterocycles. The van der Waals surface area contributed by atoms with E-state index in [0.717, 1.165) is 4.57 Å². The molecule has 1 aliphatic rings. The van der Waals surface area contributed by atoms with Crippen LogP contribution in [0.1, 0.15) is 6.42 Å². The van der Waals surface area contributed by atoms with E-state index in [2.05, 4.69) is 4.98 Å². The van der Waals surface area contributed by atoms with Crippen LogP contribution in [0.3, 0.4) is 0 Å². The van der Waals surface area contributed by atoms with E-state index in [-0.39, 0.29) is 6.54 Å². The van der Waals surface area contributed by atoms with Gasteiger partial charge in [-0.2, -0.15) is 22.5 Å². The Labute approximate surface area is 91.7 Å². The molecule has 0 fully saturated rings. The summed E-state index contributed by atoms with van der Waals surface area (Å²) >= 11 is 0. The van der Waals surface area contributed by atoms with Crippen molar-refractivity contribution in [3.05, 3.63) is 16.2 Å². The molecule has 17 heavy (non-hydrogen) atoms. The van der Waals surface area contributed by atoms with E-state index >= 15 is 0 Å². The minimum atomic E-state index is -4.49. The van der Waals surface area contributed by atoms with Crippen LogP contribution < -0.4 is 10.9 Å². The lowest BCUT2D eigenvalue weighted by molar-refractivity contribution is -0.145. The van der Waals surface area contributed by atoms with Crippen molar-refractivity contribution in [2.75, 3.05) is 5.32 Å². The summed E-state index contributed by atoms with van der Waals surface area (Å²) in [6.45, 7) is -0.310. The molecule has 0 aliphatic carbocycles. The van der Waals surface area contributed by atoms with Crippen LogP contribution in [0.4, 0.5) is 23.5 Å². The average Bonchev–Trinajstić information content (AvgIpc) is 2.24. The summed E-state index contributed by atoms with van der Waals surface area (Å²) in [5.74, 6) is -3.17. The fourth-order valence-electron chi connectivity index (χ4n) is 1.57. The van der Waals surface area contributed by atoms with Crippen LogP contribution in [0.5, 0.6) is 5.88 Å². The van der Waals surface area contributed by atoms with Crippen molar-refractivity contribution in [2.24, 2.45) is 0 Å². The second-order valence-corrected chi connectivity index (χ2v) is 3.56. The normalized spacial score (nSPS) is 19.6. The molecule has 2 rings (SSSR count). The lowest BCUT2D eigenvalue weighted by atomic mass is 10.1. The van der Waals surface area contributed by atoms with Crippen LogP contribution in [0.25, 0.3) is 0 Å². The lowest BCUT2D eigenvalue weighted by Crippen LogP contribution is -2.44. The van der Waals surface area contributed by atoms with E-state index < -0.39 is 41.8 Å². The number of alkyl halides is 3. The molecule has 0 radical (unpaired) electrons. The van der Waals surface area contributed by atoms with E-state index in [1.54, 1.807) is 0 Å². The molecule has 0 saturated carbocycles. The van der Waals surface area contributed by atoms with Gasteiger partial charge >= 0.3 is 6.18 Å². The number of anilines is 1. The van der Waals surface area contributed by atoms with Crippen LogP contribution >= 0.6 is 0 Å². The van der Waals surface area contributed by atoms with Crippen LogP contribution in [0, 0.1) is 5.82 Å². The predicted molar refractivity (Wildman–Crippen MR) is 48.2 cm³/mol. The summed E-state index contributed by atoms with van der Waals surface area (Å²) in [7, 11) is 0. The van der Waals surface area contributed by atoms with Crippen molar-refractivity contribution in [2.45, 2.75) is 25.2 Å². The topological polar surface area (TPSA) is 67.1 Å². The zero-order valence-corrected chi connectivity index (χ0v) is 8.25. The predicted octanol–water partition coefficient (Wildman–Crippen LogP) is 0.834. The SMILES string of the molecule is O=c1c(F)c(O)nc2n1CC[C@H](C(F)(F)F)N2. The molecule has 0 amide bonds. The van der Waals surface area contributed by atoms with Crippen LogP contribution in [-0.2, 0) is 6.54 Å². The highest BCUT2D eigenvalue weighted by molar-refractivity contribution is 5.33. The molecule has 94 valence electrons. The first-order chi connectivity index (χ1) is 7.80. The van der Waals surface area contributed by atoms with Crippen LogP contribution in [-0.4, -0.2) is 26.9 Å². The van der Waals surface area contributed by atoms with Gasteiger partial charge in [0.15, 0.2) is 0 Å². The number of aromatic hydroxyl groups is 1. The maximum Gasteiger partial charge on any atom is 0.408 e. The molecule has 0 saturated heterocycles. The smallest absolute Gasteiger partial charge is 0.408 e. The van der Waals surface area contributed by atoms with Crippen molar-refractivity contribution in [3.63, 3.8) is 0 Å². The van der Waals surface area contributed by atoms with Gasteiger partial charge in [-0.3, -0.25) is 9.36 Å². The molecule has 5 nitrogen and oxygen atoms in total. The lowest BCUT2D eigenvalue weighted by Gasteiger charge is -2.28. The number of hydrogen-bond acceptors (Lipinski definition) is 4. The van der Waals surface area contributed by atoms with Gasteiger partial charge in [-0.25, -0.2) is 0 Å². The van der Waals surface area contributed by atoms with E-state index in [4.69, 9.17) is 5.11 Å². The van der Waals surface area contributed by atoms with Gasteiger partial charge in [0, 0.05) is 6.54 Å². The van der Waals surface area contributed by atoms with Crippen molar-refractivity contribution in [1.29, 1.82) is 0 Å². The van der Waals surface area contributed by atoms with Gasteiger partial charge in [0.2, 0.25) is 11.8 Å². The Morgan fingerprint density at radius 3 is 2.71 bits per heavy atom. The highest BCUT2D eigenvalue weighted by Gasteiger charge is 2.42. The van der Waals surface area contributed by atoms with Gasteiger partial charge in [0.05, 0.1) is 0 Å². The van der Waals surface area contributed by atoms with Gasteiger partial charge in [-0.1, -0.05) is 0 Å². The Bertz CT molecular complexity index is 511. The number of fused-ring (bicyclic) bond motifs is 1. The Hall–Kier alpha value is -1.80. The first kappa shape index (κ1) is 11.7. The number of nitrogens with one attached hydrogen (secondary N) is 1. The molecule has 9 heteroatoms. The standard InChI is InChI=1S/C8H7F4N3O2/c9-4-5(16)14-7-13-3(8(10,11)12)1-2-15(7)6(4)17/h3,16H,1-2H2,(H,13,14)/t3-/m1/s1. The van der Waals surface area contributed by atoms with Crippen molar-refractivity contribution in [1.82, 2.24) is 9.55 Å². The maximum absolute atomic E-state index is 13.0. The van der Waals surface area contributed by atoms with Gasteiger partial charge < -0.3 is 10.4 Å². The van der Waals surface area contributed by atoms with Gasteiger partial charge in [0.25, 0.3) is 11.4 Å². The Balaban J connectivity index is 2.44. The molecule has 0 bridgehead atoms. The van der Waals surface area contributed by atoms with Crippen molar-refractivity contribution in [3.8, 4) is 5.88 Å². The maximum atomic E-state index is 13.0. The molecular formula is C8H7F4N3O2. The van der Waals surface area contributed by atoms with E-state index in [1.165, 1.54) is 0 Å². The highest BCUT2D eigenvalue weighted by Crippen LogP contribution is 2.29. The molecule has 1 aromatic rings. The van der Waals surface area contributed by atoms with E-state index in [0.29, 0.717) is 0 Å². The summed E-state index contributed by atoms with van der Waals surface area (Å²) in [4.78, 5) is 14.4. The molecular weight excluding hydrogens is 246 g/mol. The minimum absolute atomic E-state index is 0.310.